The maximum absolute atomic E-state index is 13.8. The van der Waals surface area contributed by atoms with Gasteiger partial charge in [-0.15, -0.1) is 0 Å². The zero-order valence-corrected chi connectivity index (χ0v) is 15.0. The molecule has 2 N–H and O–H groups in total. The molecule has 1 aliphatic carbocycles. The standard InChI is InChI=1S/C16H17FN2O4S2/c1-11-2-9-15(17)16(10-11)25(22,23)19-13-5-7-14(8-6-13)24(20,21)18-12-3-4-12/h2,5-10,12,18-19H,3-4H2,1H3. The van der Waals surface area contributed by atoms with Crippen LogP contribution >= 0.6 is 0 Å². The highest BCUT2D eigenvalue weighted by Crippen LogP contribution is 2.24. The highest BCUT2D eigenvalue weighted by molar-refractivity contribution is 7.92. The number of aryl methyl sites for hydroxylation is 1. The van der Waals surface area contributed by atoms with E-state index < -0.39 is 30.8 Å². The highest BCUT2D eigenvalue weighted by Gasteiger charge is 2.28. The van der Waals surface area contributed by atoms with Crippen LogP contribution < -0.4 is 9.44 Å². The largest absolute Gasteiger partial charge is 0.280 e. The molecular formula is C16H17FN2O4S2. The number of hydrogen-bond acceptors (Lipinski definition) is 4. The van der Waals surface area contributed by atoms with E-state index in [1.54, 1.807) is 6.92 Å². The molecule has 2 aromatic rings. The number of anilines is 1. The van der Waals surface area contributed by atoms with Crippen molar-refractivity contribution in [2.24, 2.45) is 0 Å². The quantitative estimate of drug-likeness (QED) is 0.800. The number of rotatable bonds is 6. The Kier molecular flexibility index (Phi) is 4.56. The normalized spacial score (nSPS) is 15.1. The van der Waals surface area contributed by atoms with Gasteiger partial charge in [-0.3, -0.25) is 4.72 Å². The van der Waals surface area contributed by atoms with Crippen LogP contribution in [0.5, 0.6) is 0 Å². The lowest BCUT2D eigenvalue weighted by molar-refractivity contribution is 0.569. The second kappa shape index (κ2) is 6.40. The third-order valence-electron chi connectivity index (χ3n) is 3.69. The molecular weight excluding hydrogens is 367 g/mol. The minimum atomic E-state index is -4.11. The number of hydrogen-bond donors (Lipinski definition) is 2. The summed E-state index contributed by atoms with van der Waals surface area (Å²) in [7, 11) is -7.72. The fourth-order valence-electron chi connectivity index (χ4n) is 2.22. The Labute approximate surface area is 146 Å². The second-order valence-corrected chi connectivity index (χ2v) is 9.32. The summed E-state index contributed by atoms with van der Waals surface area (Å²) in [5.41, 5.74) is 0.751. The van der Waals surface area contributed by atoms with Gasteiger partial charge < -0.3 is 0 Å². The molecule has 6 nitrogen and oxygen atoms in total. The second-order valence-electron chi connectivity index (χ2n) is 5.96. The van der Waals surface area contributed by atoms with Gasteiger partial charge in [-0.1, -0.05) is 6.07 Å². The van der Waals surface area contributed by atoms with Gasteiger partial charge in [0.1, 0.15) is 10.7 Å². The summed E-state index contributed by atoms with van der Waals surface area (Å²) in [6, 6.07) is 9.02. The first-order valence-corrected chi connectivity index (χ1v) is 10.6. The molecule has 0 bridgehead atoms. The molecule has 0 amide bonds. The van der Waals surface area contributed by atoms with E-state index in [4.69, 9.17) is 0 Å². The van der Waals surface area contributed by atoms with Gasteiger partial charge in [-0.05, 0) is 61.7 Å². The Morgan fingerprint density at radius 1 is 0.960 bits per heavy atom. The topological polar surface area (TPSA) is 92.3 Å². The van der Waals surface area contributed by atoms with E-state index in [9.17, 15) is 21.2 Å². The SMILES string of the molecule is Cc1ccc(F)c(S(=O)(=O)Nc2ccc(S(=O)(=O)NC3CC3)cc2)c1. The Morgan fingerprint density at radius 3 is 2.20 bits per heavy atom. The molecule has 25 heavy (non-hydrogen) atoms. The van der Waals surface area contributed by atoms with Gasteiger partial charge in [0.2, 0.25) is 10.0 Å². The van der Waals surface area contributed by atoms with Crippen LogP contribution in [0.4, 0.5) is 10.1 Å². The van der Waals surface area contributed by atoms with Crippen molar-refractivity contribution in [1.29, 1.82) is 0 Å². The smallest absolute Gasteiger partial charge is 0.264 e. The van der Waals surface area contributed by atoms with Crippen LogP contribution in [-0.2, 0) is 20.0 Å². The molecule has 0 aliphatic heterocycles. The van der Waals surface area contributed by atoms with E-state index in [2.05, 4.69) is 9.44 Å². The van der Waals surface area contributed by atoms with E-state index in [0.717, 1.165) is 18.9 Å². The summed E-state index contributed by atoms with van der Waals surface area (Å²) >= 11 is 0. The zero-order chi connectivity index (χ0) is 18.2. The molecule has 1 saturated carbocycles. The van der Waals surface area contributed by atoms with Crippen LogP contribution in [0.3, 0.4) is 0 Å². The molecule has 2 aromatic carbocycles. The molecule has 0 spiro atoms. The lowest BCUT2D eigenvalue weighted by Gasteiger charge is -2.11. The molecule has 0 unspecified atom stereocenters. The molecule has 1 fully saturated rings. The van der Waals surface area contributed by atoms with Gasteiger partial charge in [0.05, 0.1) is 4.90 Å². The Morgan fingerprint density at radius 2 is 1.60 bits per heavy atom. The maximum Gasteiger partial charge on any atom is 0.264 e. The van der Waals surface area contributed by atoms with E-state index >= 15 is 0 Å². The predicted molar refractivity (Wildman–Crippen MR) is 91.7 cm³/mol. The third-order valence-corrected chi connectivity index (χ3v) is 6.62. The summed E-state index contributed by atoms with van der Waals surface area (Å²) in [5, 5.41) is 0. The fourth-order valence-corrected chi connectivity index (χ4v) is 4.74. The minimum absolute atomic E-state index is 0.0209. The number of benzene rings is 2. The average Bonchev–Trinajstić information content (AvgIpc) is 3.33. The van der Waals surface area contributed by atoms with Crippen LogP contribution in [0.15, 0.2) is 52.3 Å². The monoisotopic (exact) mass is 384 g/mol. The number of sulfonamides is 2. The molecule has 0 atom stereocenters. The molecule has 0 radical (unpaired) electrons. The molecule has 134 valence electrons. The first-order chi connectivity index (χ1) is 11.7. The van der Waals surface area contributed by atoms with E-state index in [-0.39, 0.29) is 16.6 Å². The van der Waals surface area contributed by atoms with Gasteiger partial charge in [0.25, 0.3) is 10.0 Å². The zero-order valence-electron chi connectivity index (χ0n) is 13.4. The molecule has 0 saturated heterocycles. The first kappa shape index (κ1) is 17.8. The van der Waals surface area contributed by atoms with Crippen molar-refractivity contribution in [2.75, 3.05) is 4.72 Å². The summed E-state index contributed by atoms with van der Waals surface area (Å²) in [5.74, 6) is -0.856. The van der Waals surface area contributed by atoms with E-state index in [0.29, 0.717) is 5.56 Å². The predicted octanol–water partition coefficient (Wildman–Crippen LogP) is 2.38. The fraction of sp³-hybridized carbons (Fsp3) is 0.250. The summed E-state index contributed by atoms with van der Waals surface area (Å²) in [6.07, 6.45) is 1.64. The molecule has 1 aliphatic rings. The lowest BCUT2D eigenvalue weighted by atomic mass is 10.2. The van der Waals surface area contributed by atoms with Crippen LogP contribution in [0.25, 0.3) is 0 Å². The van der Waals surface area contributed by atoms with Crippen LogP contribution in [0, 0.1) is 12.7 Å². The minimum Gasteiger partial charge on any atom is -0.280 e. The maximum atomic E-state index is 13.8. The molecule has 0 heterocycles. The van der Waals surface area contributed by atoms with Crippen molar-refractivity contribution in [3.63, 3.8) is 0 Å². The van der Waals surface area contributed by atoms with Crippen molar-refractivity contribution >= 4 is 25.7 Å². The average molecular weight is 384 g/mol. The first-order valence-electron chi connectivity index (χ1n) is 7.59. The van der Waals surface area contributed by atoms with Crippen molar-refractivity contribution in [3.8, 4) is 0 Å². The van der Waals surface area contributed by atoms with Crippen LogP contribution in [0.2, 0.25) is 0 Å². The van der Waals surface area contributed by atoms with Gasteiger partial charge >= 0.3 is 0 Å². The van der Waals surface area contributed by atoms with Crippen LogP contribution in [0.1, 0.15) is 18.4 Å². The Bertz CT molecular complexity index is 999. The van der Waals surface area contributed by atoms with Gasteiger partial charge in [0.15, 0.2) is 0 Å². The molecule has 0 aromatic heterocycles. The van der Waals surface area contributed by atoms with Crippen LogP contribution in [-0.4, -0.2) is 22.9 Å². The lowest BCUT2D eigenvalue weighted by Crippen LogP contribution is -2.25. The van der Waals surface area contributed by atoms with E-state index in [1.165, 1.54) is 36.4 Å². The third kappa shape index (κ3) is 4.17. The van der Waals surface area contributed by atoms with Gasteiger partial charge in [0, 0.05) is 11.7 Å². The Hall–Kier alpha value is -1.97. The van der Waals surface area contributed by atoms with Crippen molar-refractivity contribution in [3.05, 3.63) is 53.8 Å². The number of nitrogens with one attached hydrogen (secondary N) is 2. The highest BCUT2D eigenvalue weighted by atomic mass is 32.2. The number of halogens is 1. The van der Waals surface area contributed by atoms with Crippen molar-refractivity contribution in [1.82, 2.24) is 4.72 Å². The Balaban J connectivity index is 1.82. The van der Waals surface area contributed by atoms with Gasteiger partial charge in [-0.2, -0.15) is 0 Å². The van der Waals surface area contributed by atoms with Crippen molar-refractivity contribution < 1.29 is 21.2 Å². The molecule has 3 rings (SSSR count). The van der Waals surface area contributed by atoms with Crippen molar-refractivity contribution in [2.45, 2.75) is 35.6 Å². The summed E-state index contributed by atoms with van der Waals surface area (Å²) in [4.78, 5) is -0.413. The van der Waals surface area contributed by atoms with Gasteiger partial charge in [-0.25, -0.2) is 25.9 Å². The van der Waals surface area contributed by atoms with E-state index in [1.807, 2.05) is 0 Å². The summed E-state index contributed by atoms with van der Waals surface area (Å²) in [6.45, 7) is 1.66. The summed E-state index contributed by atoms with van der Waals surface area (Å²) < 4.78 is 67.4. The molecule has 9 heteroatoms.